The maximum atomic E-state index is 12.9. The number of aromatic nitrogens is 2. The summed E-state index contributed by atoms with van der Waals surface area (Å²) in [5.41, 5.74) is 0.881. The highest BCUT2D eigenvalue weighted by atomic mass is 32.1. The molecule has 0 bridgehead atoms. The Morgan fingerprint density at radius 1 is 0.940 bits per heavy atom. The van der Waals surface area contributed by atoms with Crippen LogP contribution in [0.3, 0.4) is 0 Å². The minimum absolute atomic E-state index is 0.0269. The van der Waals surface area contributed by atoms with Crippen LogP contribution in [0.15, 0.2) is 78.3 Å². The maximum absolute atomic E-state index is 12.9. The number of rotatable bonds is 14. The molecule has 3 heterocycles. The number of pyridine rings is 1. The predicted octanol–water partition coefficient (Wildman–Crippen LogP) is 5.31. The first-order chi connectivity index (χ1) is 23.9. The van der Waals surface area contributed by atoms with E-state index < -0.39 is 41.2 Å². The third-order valence-corrected chi connectivity index (χ3v) is 7.99. The van der Waals surface area contributed by atoms with E-state index in [2.05, 4.69) is 31.2 Å². The number of carbonyl (C=O) groups is 4. The zero-order valence-corrected chi connectivity index (χ0v) is 28.5. The molecule has 2 atom stereocenters. The number of ether oxygens (including phenoxy) is 3. The molecule has 5 rings (SSSR count). The monoisotopic (exact) mass is 699 g/mol. The van der Waals surface area contributed by atoms with Gasteiger partial charge in [0, 0.05) is 24.4 Å². The van der Waals surface area contributed by atoms with Gasteiger partial charge >= 0.3 is 12.1 Å². The summed E-state index contributed by atoms with van der Waals surface area (Å²) in [5, 5.41) is 20.4. The van der Waals surface area contributed by atoms with Crippen molar-refractivity contribution < 1.29 is 33.4 Å². The van der Waals surface area contributed by atoms with Crippen LogP contribution < -0.4 is 30.7 Å². The van der Waals surface area contributed by atoms with Crippen LogP contribution in [0.4, 0.5) is 20.5 Å². The Morgan fingerprint density at radius 3 is 2.20 bits per heavy atom. The van der Waals surface area contributed by atoms with Crippen molar-refractivity contribution in [2.75, 3.05) is 17.2 Å². The number of anilines is 2. The number of ketones is 1. The number of thiazole rings is 1. The summed E-state index contributed by atoms with van der Waals surface area (Å²) >= 11 is 1.04. The fourth-order valence-corrected chi connectivity index (χ4v) is 5.42. The quantitative estimate of drug-likeness (QED) is 0.0857. The molecule has 15 heteroatoms. The van der Waals surface area contributed by atoms with Gasteiger partial charge in [-0.25, -0.2) is 19.6 Å². The van der Waals surface area contributed by atoms with E-state index in [-0.39, 0.29) is 42.1 Å². The van der Waals surface area contributed by atoms with Crippen molar-refractivity contribution >= 4 is 51.8 Å². The molecule has 14 nitrogen and oxygen atoms in total. The van der Waals surface area contributed by atoms with Crippen LogP contribution >= 0.6 is 11.3 Å². The Hall–Kier alpha value is -5.83. The van der Waals surface area contributed by atoms with E-state index in [0.717, 1.165) is 22.5 Å². The molecule has 4 aromatic rings. The Bertz CT molecular complexity index is 1840. The van der Waals surface area contributed by atoms with Crippen molar-refractivity contribution in [3.8, 4) is 11.5 Å². The largest absolute Gasteiger partial charge is 0.485 e. The maximum Gasteiger partial charge on any atom is 0.413 e. The fourth-order valence-electron chi connectivity index (χ4n) is 4.73. The molecule has 0 radical (unpaired) electrons. The molecule has 2 aromatic carbocycles. The minimum atomic E-state index is -0.752. The standard InChI is InChI=1S/C35H37N7O7S/c1-35(2,3)49-34(46)42-33-40-25(20-50-33)30(36)26(43)14-23-24(39-31(23)44)16-38-32(45)41-29-15-27(47-18-21-10-6-4-7-11-21)28(17-37-29)48-19-22-12-8-5-9-13-22/h4-13,15,17,20,23-24,36H,14,16,18-19H2,1-3H3,(H,39,44)(H,40,42,46)(H2,37,38,41,45)/t23-,24+/m0/s1. The molecule has 0 saturated carbocycles. The number of nitrogens with one attached hydrogen (secondary N) is 5. The highest BCUT2D eigenvalue weighted by molar-refractivity contribution is 7.14. The first-order valence-corrected chi connectivity index (χ1v) is 16.6. The summed E-state index contributed by atoms with van der Waals surface area (Å²) in [6, 6.07) is 19.7. The summed E-state index contributed by atoms with van der Waals surface area (Å²) in [6.45, 7) is 5.75. The zero-order chi connectivity index (χ0) is 35.7. The third kappa shape index (κ3) is 10.1. The molecule has 50 heavy (non-hydrogen) atoms. The molecule has 4 amide bonds. The van der Waals surface area contributed by atoms with Gasteiger partial charge in [0.1, 0.15) is 36.0 Å². The third-order valence-electron chi connectivity index (χ3n) is 7.23. The van der Waals surface area contributed by atoms with Crippen molar-refractivity contribution in [2.24, 2.45) is 5.92 Å². The lowest BCUT2D eigenvalue weighted by atomic mass is 9.85. The highest BCUT2D eigenvalue weighted by Crippen LogP contribution is 2.30. The summed E-state index contributed by atoms with van der Waals surface area (Å²) in [6.07, 6.45) is 0.513. The second kappa shape index (κ2) is 16.0. The van der Waals surface area contributed by atoms with Gasteiger partial charge in [0.2, 0.25) is 5.91 Å². The topological polar surface area (TPSA) is 194 Å². The molecule has 1 aliphatic rings. The molecule has 5 N–H and O–H groups in total. The van der Waals surface area contributed by atoms with Crippen LogP contribution in [0, 0.1) is 11.3 Å². The van der Waals surface area contributed by atoms with E-state index in [9.17, 15) is 19.2 Å². The zero-order valence-electron chi connectivity index (χ0n) is 27.6. The fraction of sp³-hybridized carbons (Fsp3) is 0.286. The van der Waals surface area contributed by atoms with Gasteiger partial charge in [0.25, 0.3) is 0 Å². The van der Waals surface area contributed by atoms with Crippen LogP contribution in [0.5, 0.6) is 11.5 Å². The first kappa shape index (κ1) is 35.5. The number of urea groups is 1. The lowest BCUT2D eigenvalue weighted by Gasteiger charge is -2.36. The normalized spacial score (nSPS) is 15.1. The van der Waals surface area contributed by atoms with E-state index in [1.54, 1.807) is 26.8 Å². The SMILES string of the molecule is CC(C)(C)OC(=O)Nc1nc(C(=N)C(=O)C[C@@H]2C(=O)N[C@@H]2CNC(=O)Nc2cc(OCc3ccccc3)c(OCc3ccccc3)cn2)cs1. The van der Waals surface area contributed by atoms with E-state index in [1.165, 1.54) is 11.6 Å². The van der Waals surface area contributed by atoms with Gasteiger partial charge in [-0.15, -0.1) is 11.3 Å². The molecule has 2 aromatic heterocycles. The molecule has 0 aliphatic carbocycles. The Balaban J connectivity index is 1.13. The molecule has 0 unspecified atom stereocenters. The number of amides is 4. The number of benzene rings is 2. The van der Waals surface area contributed by atoms with Crippen LogP contribution in [0.25, 0.3) is 0 Å². The van der Waals surface area contributed by atoms with Crippen LogP contribution in [0.1, 0.15) is 44.0 Å². The lowest BCUT2D eigenvalue weighted by molar-refractivity contribution is -0.137. The van der Waals surface area contributed by atoms with Crippen LogP contribution in [-0.2, 0) is 27.5 Å². The van der Waals surface area contributed by atoms with E-state index in [0.29, 0.717) is 18.1 Å². The Morgan fingerprint density at radius 2 is 1.58 bits per heavy atom. The van der Waals surface area contributed by atoms with Crippen molar-refractivity contribution in [3.63, 3.8) is 0 Å². The van der Waals surface area contributed by atoms with E-state index in [1.807, 2.05) is 60.7 Å². The number of Topliss-reactive ketones (excluding diaryl/α,β-unsaturated/α-hetero) is 1. The molecule has 1 fully saturated rings. The smallest absolute Gasteiger partial charge is 0.413 e. The summed E-state index contributed by atoms with van der Waals surface area (Å²) in [4.78, 5) is 58.4. The lowest BCUT2D eigenvalue weighted by Crippen LogP contribution is -2.63. The van der Waals surface area contributed by atoms with Gasteiger partial charge in [0.05, 0.1) is 18.2 Å². The number of carbonyl (C=O) groups excluding carboxylic acids is 4. The molecule has 1 saturated heterocycles. The number of nitrogens with zero attached hydrogens (tertiary/aromatic N) is 2. The molecular weight excluding hydrogens is 662 g/mol. The average Bonchev–Trinajstić information content (AvgIpc) is 3.55. The highest BCUT2D eigenvalue weighted by Gasteiger charge is 2.41. The van der Waals surface area contributed by atoms with Crippen molar-refractivity contribution in [2.45, 2.75) is 52.0 Å². The van der Waals surface area contributed by atoms with E-state index >= 15 is 0 Å². The number of hydrogen-bond donors (Lipinski definition) is 5. The van der Waals surface area contributed by atoms with Gasteiger partial charge in [-0.2, -0.15) is 0 Å². The van der Waals surface area contributed by atoms with Crippen molar-refractivity contribution in [3.05, 3.63) is 95.1 Å². The Kier molecular flexibility index (Phi) is 11.4. The molecule has 1 aliphatic heterocycles. The number of β-lactam (4-membered cyclic amide) rings is 1. The van der Waals surface area contributed by atoms with Gasteiger partial charge in [-0.05, 0) is 31.9 Å². The summed E-state index contributed by atoms with van der Waals surface area (Å²) in [5.74, 6) is -0.723. The van der Waals surface area contributed by atoms with Crippen LogP contribution in [-0.4, -0.2) is 57.7 Å². The van der Waals surface area contributed by atoms with Gasteiger partial charge in [0.15, 0.2) is 22.4 Å². The van der Waals surface area contributed by atoms with Gasteiger partial charge in [-0.1, -0.05) is 60.7 Å². The van der Waals surface area contributed by atoms with Gasteiger partial charge < -0.3 is 24.8 Å². The second-order valence-electron chi connectivity index (χ2n) is 12.3. The summed E-state index contributed by atoms with van der Waals surface area (Å²) < 4.78 is 17.2. The van der Waals surface area contributed by atoms with Crippen molar-refractivity contribution in [1.29, 1.82) is 5.41 Å². The average molecular weight is 700 g/mol. The van der Waals surface area contributed by atoms with Gasteiger partial charge in [-0.3, -0.25) is 25.6 Å². The second-order valence-corrected chi connectivity index (χ2v) is 13.1. The first-order valence-electron chi connectivity index (χ1n) is 15.7. The molecule has 260 valence electrons. The molecule has 0 spiro atoms. The Labute approximate surface area is 292 Å². The number of hydrogen-bond acceptors (Lipinski definition) is 11. The van der Waals surface area contributed by atoms with Crippen molar-refractivity contribution in [1.82, 2.24) is 20.6 Å². The minimum Gasteiger partial charge on any atom is -0.485 e. The predicted molar refractivity (Wildman–Crippen MR) is 187 cm³/mol. The van der Waals surface area contributed by atoms with E-state index in [4.69, 9.17) is 19.6 Å². The molecular formula is C35H37N7O7S. The van der Waals surface area contributed by atoms with Crippen LogP contribution in [0.2, 0.25) is 0 Å². The summed E-state index contributed by atoms with van der Waals surface area (Å²) in [7, 11) is 0.